The van der Waals surface area contributed by atoms with Gasteiger partial charge in [-0.2, -0.15) is 0 Å². The SMILES string of the molecule is CCCC(N)C(C)(C)C(C)(C)C(=O)NN=O. The van der Waals surface area contributed by atoms with Crippen LogP contribution in [-0.2, 0) is 4.79 Å². The molecule has 0 aliphatic rings. The second-order valence-electron chi connectivity index (χ2n) is 5.27. The number of hydrogen-bond acceptors (Lipinski definition) is 4. The molecule has 0 aromatic heterocycles. The Hall–Kier alpha value is -0.970. The number of nitroso groups, excluding NO2 is 1. The minimum Gasteiger partial charge on any atom is -0.327 e. The van der Waals surface area contributed by atoms with Crippen molar-refractivity contribution in [2.45, 2.75) is 53.5 Å². The average Bonchev–Trinajstić information content (AvgIpc) is 2.18. The van der Waals surface area contributed by atoms with Crippen molar-refractivity contribution in [3.05, 3.63) is 4.91 Å². The van der Waals surface area contributed by atoms with Crippen LogP contribution in [0.4, 0.5) is 0 Å². The summed E-state index contributed by atoms with van der Waals surface area (Å²) in [5.74, 6) is -0.390. The fraction of sp³-hybridized carbons (Fsp3) is 0.909. The van der Waals surface area contributed by atoms with Gasteiger partial charge in [0, 0.05) is 6.04 Å². The molecule has 5 nitrogen and oxygen atoms in total. The van der Waals surface area contributed by atoms with E-state index in [4.69, 9.17) is 5.73 Å². The third kappa shape index (κ3) is 2.78. The molecule has 0 saturated carbocycles. The fourth-order valence-electron chi connectivity index (χ4n) is 1.61. The Kier molecular flexibility index (Phi) is 5.06. The molecule has 0 aromatic carbocycles. The Balaban J connectivity index is 4.95. The monoisotopic (exact) mass is 229 g/mol. The highest BCUT2D eigenvalue weighted by Crippen LogP contribution is 2.42. The standard InChI is InChI=1S/C11H23N3O2/c1-6-7-8(12)10(2,3)11(4,5)9(15)13-14-16/h8H,6-7,12H2,1-5H3,(H,13,15,16). The van der Waals surface area contributed by atoms with E-state index in [1.54, 1.807) is 13.8 Å². The predicted octanol–water partition coefficient (Wildman–Crippen LogP) is 1.96. The number of nitrogens with one attached hydrogen (secondary N) is 1. The lowest BCUT2D eigenvalue weighted by Gasteiger charge is -2.43. The molecule has 0 bridgehead atoms. The maximum absolute atomic E-state index is 11.8. The molecule has 1 amide bonds. The highest BCUT2D eigenvalue weighted by atomic mass is 16.3. The lowest BCUT2D eigenvalue weighted by atomic mass is 9.62. The smallest absolute Gasteiger partial charge is 0.248 e. The van der Waals surface area contributed by atoms with Crippen molar-refractivity contribution < 1.29 is 4.79 Å². The summed E-state index contributed by atoms with van der Waals surface area (Å²) in [5, 5.41) is 2.43. The minimum atomic E-state index is -0.741. The summed E-state index contributed by atoms with van der Waals surface area (Å²) in [6, 6.07) is -0.0927. The molecular formula is C11H23N3O2. The molecule has 5 heteroatoms. The van der Waals surface area contributed by atoms with E-state index in [0.717, 1.165) is 12.8 Å². The van der Waals surface area contributed by atoms with Crippen molar-refractivity contribution in [2.75, 3.05) is 0 Å². The topological polar surface area (TPSA) is 84.6 Å². The summed E-state index contributed by atoms with van der Waals surface area (Å²) < 4.78 is 0. The van der Waals surface area contributed by atoms with Crippen LogP contribution in [0, 0.1) is 15.7 Å². The molecule has 94 valence electrons. The number of amides is 1. The summed E-state index contributed by atoms with van der Waals surface area (Å²) in [4.78, 5) is 21.8. The van der Waals surface area contributed by atoms with E-state index in [-0.39, 0.29) is 11.9 Å². The zero-order chi connectivity index (χ0) is 13.0. The Labute approximate surface area is 97.1 Å². The molecule has 0 heterocycles. The van der Waals surface area contributed by atoms with Gasteiger partial charge in [0.05, 0.1) is 10.7 Å². The average molecular weight is 229 g/mol. The second-order valence-corrected chi connectivity index (χ2v) is 5.27. The molecule has 0 rings (SSSR count). The van der Waals surface area contributed by atoms with Crippen molar-refractivity contribution in [3.63, 3.8) is 0 Å². The number of rotatable bonds is 6. The Morgan fingerprint density at radius 2 is 1.88 bits per heavy atom. The molecule has 1 atom stereocenters. The maximum atomic E-state index is 11.8. The Bertz CT molecular complexity index is 262. The van der Waals surface area contributed by atoms with Gasteiger partial charge >= 0.3 is 0 Å². The van der Waals surface area contributed by atoms with Gasteiger partial charge in [-0.15, -0.1) is 4.91 Å². The summed E-state index contributed by atoms with van der Waals surface area (Å²) >= 11 is 0. The lowest BCUT2D eigenvalue weighted by Crippen LogP contribution is -2.53. The van der Waals surface area contributed by atoms with Crippen LogP contribution in [0.3, 0.4) is 0 Å². The molecule has 0 radical (unpaired) electrons. The van der Waals surface area contributed by atoms with Gasteiger partial charge in [0.1, 0.15) is 0 Å². The van der Waals surface area contributed by atoms with Crippen molar-refractivity contribution in [1.82, 2.24) is 5.43 Å². The van der Waals surface area contributed by atoms with Crippen LogP contribution in [-0.4, -0.2) is 11.9 Å². The van der Waals surface area contributed by atoms with Crippen LogP contribution in [0.1, 0.15) is 47.5 Å². The van der Waals surface area contributed by atoms with Crippen molar-refractivity contribution in [2.24, 2.45) is 21.8 Å². The van der Waals surface area contributed by atoms with Crippen LogP contribution in [0.5, 0.6) is 0 Å². The normalized spacial score (nSPS) is 14.4. The maximum Gasteiger partial charge on any atom is 0.248 e. The first-order valence-corrected chi connectivity index (χ1v) is 5.60. The van der Waals surface area contributed by atoms with Crippen molar-refractivity contribution in [1.29, 1.82) is 0 Å². The molecule has 0 spiro atoms. The first-order valence-electron chi connectivity index (χ1n) is 5.60. The molecular weight excluding hydrogens is 206 g/mol. The number of nitrogens with two attached hydrogens (primary N) is 1. The molecule has 1 unspecified atom stereocenters. The third-order valence-electron chi connectivity index (χ3n) is 3.85. The van der Waals surface area contributed by atoms with Crippen LogP contribution in [0.25, 0.3) is 0 Å². The molecule has 16 heavy (non-hydrogen) atoms. The number of hydrogen-bond donors (Lipinski definition) is 2. The van der Waals surface area contributed by atoms with Crippen LogP contribution < -0.4 is 11.2 Å². The highest BCUT2D eigenvalue weighted by Gasteiger charge is 2.46. The first kappa shape index (κ1) is 15.0. The van der Waals surface area contributed by atoms with Gasteiger partial charge in [-0.05, 0) is 11.8 Å². The van der Waals surface area contributed by atoms with Crippen molar-refractivity contribution in [3.8, 4) is 0 Å². The summed E-state index contributed by atoms with van der Waals surface area (Å²) in [7, 11) is 0. The number of carbonyl (C=O) groups is 1. The van der Waals surface area contributed by atoms with Gasteiger partial charge in [-0.3, -0.25) is 4.79 Å². The molecule has 0 saturated heterocycles. The number of nitrogens with zero attached hydrogens (tertiary/aromatic N) is 1. The number of carbonyl (C=O) groups excluding carboxylic acids is 1. The van der Waals surface area contributed by atoms with Gasteiger partial charge in [0.2, 0.25) is 5.91 Å². The van der Waals surface area contributed by atoms with Gasteiger partial charge in [0.25, 0.3) is 0 Å². The zero-order valence-corrected chi connectivity index (χ0v) is 10.8. The Morgan fingerprint density at radius 3 is 2.25 bits per heavy atom. The predicted molar refractivity (Wildman–Crippen MR) is 64.4 cm³/mol. The van der Waals surface area contributed by atoms with E-state index < -0.39 is 10.8 Å². The summed E-state index contributed by atoms with van der Waals surface area (Å²) in [6.45, 7) is 9.50. The van der Waals surface area contributed by atoms with E-state index in [1.807, 2.05) is 19.3 Å². The van der Waals surface area contributed by atoms with Gasteiger partial charge in [0.15, 0.2) is 0 Å². The van der Waals surface area contributed by atoms with E-state index in [2.05, 4.69) is 12.2 Å². The highest BCUT2D eigenvalue weighted by molar-refractivity contribution is 5.82. The van der Waals surface area contributed by atoms with E-state index in [0.29, 0.717) is 0 Å². The molecule has 0 aliphatic carbocycles. The van der Waals surface area contributed by atoms with Crippen LogP contribution >= 0.6 is 0 Å². The molecule has 0 aliphatic heterocycles. The summed E-state index contributed by atoms with van der Waals surface area (Å²) in [6.07, 6.45) is 1.81. The van der Waals surface area contributed by atoms with Crippen LogP contribution in [0.2, 0.25) is 0 Å². The fourth-order valence-corrected chi connectivity index (χ4v) is 1.61. The quantitative estimate of drug-likeness (QED) is 0.539. The van der Waals surface area contributed by atoms with E-state index in [1.165, 1.54) is 0 Å². The lowest BCUT2D eigenvalue weighted by molar-refractivity contribution is -0.136. The van der Waals surface area contributed by atoms with Crippen LogP contribution in [0.15, 0.2) is 5.29 Å². The summed E-state index contributed by atoms with van der Waals surface area (Å²) in [5.41, 5.74) is 6.91. The van der Waals surface area contributed by atoms with Gasteiger partial charge in [-0.1, -0.05) is 41.0 Å². The molecule has 0 fully saturated rings. The largest absolute Gasteiger partial charge is 0.327 e. The van der Waals surface area contributed by atoms with Gasteiger partial charge < -0.3 is 5.73 Å². The molecule has 3 N–H and O–H groups in total. The van der Waals surface area contributed by atoms with Gasteiger partial charge in [-0.25, -0.2) is 5.43 Å². The van der Waals surface area contributed by atoms with E-state index >= 15 is 0 Å². The first-order chi connectivity index (χ1) is 7.21. The van der Waals surface area contributed by atoms with E-state index in [9.17, 15) is 9.70 Å². The second kappa shape index (κ2) is 5.39. The van der Waals surface area contributed by atoms with Crippen molar-refractivity contribution >= 4 is 5.91 Å². The zero-order valence-electron chi connectivity index (χ0n) is 10.8. The molecule has 0 aromatic rings. The minimum absolute atomic E-state index is 0.0927. The third-order valence-corrected chi connectivity index (χ3v) is 3.85. The Morgan fingerprint density at radius 1 is 1.38 bits per heavy atom.